The van der Waals surface area contributed by atoms with Crippen LogP contribution in [0.15, 0.2) is 53.7 Å². The van der Waals surface area contributed by atoms with Gasteiger partial charge in [-0.3, -0.25) is 19.5 Å². The van der Waals surface area contributed by atoms with E-state index in [4.69, 9.17) is 11.6 Å². The monoisotopic (exact) mass is 358 g/mol. The second-order valence-electron chi connectivity index (χ2n) is 5.20. The van der Waals surface area contributed by atoms with E-state index >= 15 is 0 Å². The largest absolute Gasteiger partial charge is 0.269 e. The van der Waals surface area contributed by atoms with Crippen molar-refractivity contribution in [2.24, 2.45) is 0 Å². The number of amides is 2. The summed E-state index contributed by atoms with van der Waals surface area (Å²) in [6, 6.07) is 10.6. The average Bonchev–Trinajstić information content (AvgIpc) is 2.82. The summed E-state index contributed by atoms with van der Waals surface area (Å²) < 4.78 is 0. The van der Waals surface area contributed by atoms with E-state index < -0.39 is 0 Å². The van der Waals surface area contributed by atoms with Crippen LogP contribution < -0.4 is 0 Å². The molecule has 0 aliphatic carbocycles. The first-order valence-electron chi connectivity index (χ1n) is 7.50. The number of carbonyl (C=O) groups is 2. The van der Waals surface area contributed by atoms with Gasteiger partial charge in [0.15, 0.2) is 0 Å². The summed E-state index contributed by atoms with van der Waals surface area (Å²) >= 11 is 7.32. The molecule has 0 fully saturated rings. The number of hydrogen-bond donors (Lipinski definition) is 0. The number of hydrogen-bond acceptors (Lipinski definition) is 4. The van der Waals surface area contributed by atoms with Crippen molar-refractivity contribution in [1.29, 1.82) is 0 Å². The molecule has 6 heteroatoms. The number of thioether (sulfide) groups is 1. The Morgan fingerprint density at radius 2 is 1.88 bits per heavy atom. The number of nitrogens with zero attached hydrogens (tertiary/aromatic N) is 2. The van der Waals surface area contributed by atoms with E-state index in [1.54, 1.807) is 42.7 Å². The van der Waals surface area contributed by atoms with Crippen LogP contribution in [0.5, 0.6) is 0 Å². The third-order valence-electron chi connectivity index (χ3n) is 3.61. The summed E-state index contributed by atoms with van der Waals surface area (Å²) in [5.41, 5.74) is 1.98. The molecule has 1 aromatic carbocycles. The maximum absolute atomic E-state index is 12.9. The zero-order valence-electron chi connectivity index (χ0n) is 13.0. The van der Waals surface area contributed by atoms with Crippen molar-refractivity contribution in [3.63, 3.8) is 0 Å². The Morgan fingerprint density at radius 3 is 2.50 bits per heavy atom. The van der Waals surface area contributed by atoms with Crippen LogP contribution in [0.2, 0.25) is 5.02 Å². The maximum Gasteiger partial charge on any atom is 0.268 e. The average molecular weight is 359 g/mol. The van der Waals surface area contributed by atoms with E-state index in [0.717, 1.165) is 5.56 Å². The molecule has 0 N–H and O–H groups in total. The topological polar surface area (TPSA) is 50.3 Å². The van der Waals surface area contributed by atoms with Crippen LogP contribution in [0.3, 0.4) is 0 Å². The highest BCUT2D eigenvalue weighted by atomic mass is 35.5. The fourth-order valence-corrected chi connectivity index (χ4v) is 3.52. The van der Waals surface area contributed by atoms with Crippen LogP contribution in [0.4, 0.5) is 0 Å². The Bertz CT molecular complexity index is 804. The minimum absolute atomic E-state index is 0.219. The molecule has 0 saturated carbocycles. The van der Waals surface area contributed by atoms with Gasteiger partial charge < -0.3 is 0 Å². The number of benzene rings is 1. The molecular weight excluding hydrogens is 344 g/mol. The van der Waals surface area contributed by atoms with Crippen molar-refractivity contribution < 1.29 is 9.59 Å². The predicted octanol–water partition coefficient (Wildman–Crippen LogP) is 3.77. The molecule has 1 aliphatic rings. The number of carbonyl (C=O) groups excluding carboxylic acids is 2. The fraction of sp³-hybridized carbons (Fsp3) is 0.167. The quantitative estimate of drug-likeness (QED) is 0.763. The molecule has 2 aromatic rings. The van der Waals surface area contributed by atoms with Gasteiger partial charge in [0.2, 0.25) is 0 Å². The SMILES string of the molecule is CCSC1=C(c2ccc(Cl)cc2)C(=O)N(Cc2cccnc2)C1=O. The van der Waals surface area contributed by atoms with E-state index in [2.05, 4.69) is 4.98 Å². The number of imide groups is 1. The van der Waals surface area contributed by atoms with Crippen molar-refractivity contribution in [2.75, 3.05) is 5.75 Å². The first-order valence-corrected chi connectivity index (χ1v) is 8.86. The van der Waals surface area contributed by atoms with E-state index in [-0.39, 0.29) is 18.4 Å². The Morgan fingerprint density at radius 1 is 1.12 bits per heavy atom. The smallest absolute Gasteiger partial charge is 0.268 e. The molecule has 0 bridgehead atoms. The lowest BCUT2D eigenvalue weighted by Crippen LogP contribution is -2.31. The van der Waals surface area contributed by atoms with Gasteiger partial charge in [0, 0.05) is 17.4 Å². The molecule has 1 aromatic heterocycles. The van der Waals surface area contributed by atoms with Gasteiger partial charge in [0.05, 0.1) is 17.0 Å². The Hall–Kier alpha value is -2.11. The second kappa shape index (κ2) is 7.20. The summed E-state index contributed by atoms with van der Waals surface area (Å²) in [7, 11) is 0. The Labute approximate surface area is 149 Å². The predicted molar refractivity (Wildman–Crippen MR) is 96.3 cm³/mol. The summed E-state index contributed by atoms with van der Waals surface area (Å²) in [4.78, 5) is 31.4. The summed E-state index contributed by atoms with van der Waals surface area (Å²) in [5.74, 6) is 0.189. The van der Waals surface area contributed by atoms with E-state index in [1.807, 2.05) is 13.0 Å². The Kier molecular flexibility index (Phi) is 5.02. The molecule has 0 spiro atoms. The van der Waals surface area contributed by atoms with Crippen LogP contribution in [0.1, 0.15) is 18.1 Å². The molecule has 2 heterocycles. The van der Waals surface area contributed by atoms with Crippen LogP contribution in [-0.2, 0) is 16.1 Å². The van der Waals surface area contributed by atoms with Crippen molar-refractivity contribution >= 4 is 40.8 Å². The molecule has 24 heavy (non-hydrogen) atoms. The standard InChI is InChI=1S/C18H15ClN2O2S/c1-2-24-16-15(13-5-7-14(19)8-6-13)17(22)21(18(16)23)11-12-4-3-9-20-10-12/h3-10H,2,11H2,1H3. The molecule has 0 saturated heterocycles. The van der Waals surface area contributed by atoms with Gasteiger partial charge in [-0.1, -0.05) is 36.7 Å². The highest BCUT2D eigenvalue weighted by Gasteiger charge is 2.38. The van der Waals surface area contributed by atoms with Crippen LogP contribution in [0.25, 0.3) is 5.57 Å². The number of rotatable bonds is 5. The van der Waals surface area contributed by atoms with Crippen molar-refractivity contribution in [1.82, 2.24) is 9.88 Å². The number of pyridine rings is 1. The molecule has 3 rings (SSSR count). The second-order valence-corrected chi connectivity index (χ2v) is 6.91. The van der Waals surface area contributed by atoms with Crippen molar-refractivity contribution in [3.05, 3.63) is 69.8 Å². The van der Waals surface area contributed by atoms with Gasteiger partial charge in [-0.05, 0) is 35.1 Å². The lowest BCUT2D eigenvalue weighted by atomic mass is 10.1. The van der Waals surface area contributed by atoms with Gasteiger partial charge in [-0.15, -0.1) is 11.8 Å². The van der Waals surface area contributed by atoms with Crippen molar-refractivity contribution in [2.45, 2.75) is 13.5 Å². The minimum Gasteiger partial charge on any atom is -0.269 e. The van der Waals surface area contributed by atoms with E-state index in [0.29, 0.717) is 26.8 Å². The molecular formula is C18H15ClN2O2S. The van der Waals surface area contributed by atoms with Crippen LogP contribution >= 0.6 is 23.4 Å². The third kappa shape index (κ3) is 3.23. The molecule has 4 nitrogen and oxygen atoms in total. The highest BCUT2D eigenvalue weighted by Crippen LogP contribution is 2.36. The zero-order chi connectivity index (χ0) is 17.1. The molecule has 0 radical (unpaired) electrons. The fourth-order valence-electron chi connectivity index (χ4n) is 2.52. The minimum atomic E-state index is -0.276. The third-order valence-corrected chi connectivity index (χ3v) is 4.82. The summed E-state index contributed by atoms with van der Waals surface area (Å²) in [5, 5.41) is 0.591. The van der Waals surface area contributed by atoms with E-state index in [9.17, 15) is 9.59 Å². The lowest BCUT2D eigenvalue weighted by molar-refractivity contribution is -0.137. The zero-order valence-corrected chi connectivity index (χ0v) is 14.6. The van der Waals surface area contributed by atoms with Crippen molar-refractivity contribution in [3.8, 4) is 0 Å². The maximum atomic E-state index is 12.9. The van der Waals surface area contributed by atoms with Crippen LogP contribution in [-0.4, -0.2) is 27.5 Å². The highest BCUT2D eigenvalue weighted by molar-refractivity contribution is 8.04. The van der Waals surface area contributed by atoms with E-state index in [1.165, 1.54) is 16.7 Å². The molecule has 0 unspecified atom stereocenters. The van der Waals surface area contributed by atoms with Gasteiger partial charge in [0.1, 0.15) is 0 Å². The lowest BCUT2D eigenvalue weighted by Gasteiger charge is -2.14. The first-order chi connectivity index (χ1) is 11.6. The molecule has 1 aliphatic heterocycles. The normalized spacial score (nSPS) is 14.7. The Balaban J connectivity index is 1.97. The first kappa shape index (κ1) is 16.7. The van der Waals surface area contributed by atoms with Gasteiger partial charge in [-0.25, -0.2) is 0 Å². The summed E-state index contributed by atoms with van der Waals surface area (Å²) in [6.07, 6.45) is 3.32. The van der Waals surface area contributed by atoms with Gasteiger partial charge >= 0.3 is 0 Å². The van der Waals surface area contributed by atoms with Crippen LogP contribution in [0, 0.1) is 0 Å². The summed E-state index contributed by atoms with van der Waals surface area (Å²) in [6.45, 7) is 2.18. The molecule has 2 amide bonds. The molecule has 122 valence electrons. The molecule has 0 atom stereocenters. The number of aromatic nitrogens is 1. The van der Waals surface area contributed by atoms with Gasteiger partial charge in [0.25, 0.3) is 11.8 Å². The van der Waals surface area contributed by atoms with Gasteiger partial charge in [-0.2, -0.15) is 0 Å². The number of halogens is 1.